The number of ether oxygens (including phenoxy) is 1. The molecule has 1 aromatic carbocycles. The molecule has 3 aromatic rings. The highest BCUT2D eigenvalue weighted by Gasteiger charge is 2.14. The zero-order valence-corrected chi connectivity index (χ0v) is 14.6. The van der Waals surface area contributed by atoms with Crippen LogP contribution >= 0.6 is 11.6 Å². The molecule has 1 aliphatic heterocycles. The van der Waals surface area contributed by atoms with E-state index < -0.39 is 0 Å². The van der Waals surface area contributed by atoms with Gasteiger partial charge in [-0.3, -0.25) is 0 Å². The standard InChI is InChI=1S/C18H18ClN5O/c1-12-15(4-5-17(22-12)24-6-8-25-9-7-24)23-18-14-3-2-13(19)10-16(14)20-11-21-18/h2-5,10-11H,6-9H2,1H3,(H,20,21,23). The van der Waals surface area contributed by atoms with E-state index in [4.69, 9.17) is 21.3 Å². The SMILES string of the molecule is Cc1nc(N2CCOCC2)ccc1Nc1ncnc2cc(Cl)ccc12. The molecule has 1 N–H and O–H groups in total. The zero-order valence-electron chi connectivity index (χ0n) is 13.9. The molecule has 128 valence electrons. The minimum Gasteiger partial charge on any atom is -0.378 e. The third-order valence-electron chi connectivity index (χ3n) is 4.26. The molecule has 1 fully saturated rings. The van der Waals surface area contributed by atoms with Crippen LogP contribution in [0.1, 0.15) is 5.69 Å². The Balaban J connectivity index is 1.63. The molecule has 1 saturated heterocycles. The molecule has 1 aliphatic rings. The Kier molecular flexibility index (Phi) is 4.38. The molecule has 6 nitrogen and oxygen atoms in total. The van der Waals surface area contributed by atoms with Crippen LogP contribution in [0.4, 0.5) is 17.3 Å². The predicted molar refractivity (Wildman–Crippen MR) is 99.8 cm³/mol. The maximum Gasteiger partial charge on any atom is 0.141 e. The van der Waals surface area contributed by atoms with Gasteiger partial charge in [0.05, 0.1) is 30.1 Å². The summed E-state index contributed by atoms with van der Waals surface area (Å²) in [6.45, 7) is 5.23. The molecule has 0 spiro atoms. The van der Waals surface area contributed by atoms with Crippen LogP contribution in [0.15, 0.2) is 36.7 Å². The van der Waals surface area contributed by atoms with Crippen molar-refractivity contribution in [2.24, 2.45) is 0 Å². The average Bonchev–Trinajstić information content (AvgIpc) is 2.64. The molecule has 0 aliphatic carbocycles. The summed E-state index contributed by atoms with van der Waals surface area (Å²) in [4.78, 5) is 15.6. The summed E-state index contributed by atoms with van der Waals surface area (Å²) in [6, 6.07) is 9.66. The summed E-state index contributed by atoms with van der Waals surface area (Å²) in [6.07, 6.45) is 1.53. The second kappa shape index (κ2) is 6.82. The Morgan fingerprint density at radius 3 is 2.76 bits per heavy atom. The Morgan fingerprint density at radius 2 is 1.96 bits per heavy atom. The fraction of sp³-hybridized carbons (Fsp3) is 0.278. The van der Waals surface area contributed by atoms with E-state index >= 15 is 0 Å². The summed E-state index contributed by atoms with van der Waals surface area (Å²) in [5, 5.41) is 4.94. The number of halogens is 1. The number of rotatable bonds is 3. The number of anilines is 3. The number of aromatic nitrogens is 3. The van der Waals surface area contributed by atoms with Gasteiger partial charge in [0.15, 0.2) is 0 Å². The number of nitrogens with one attached hydrogen (secondary N) is 1. The molecule has 4 rings (SSSR count). The molecular weight excluding hydrogens is 338 g/mol. The van der Waals surface area contributed by atoms with Gasteiger partial charge < -0.3 is 15.0 Å². The van der Waals surface area contributed by atoms with Crippen LogP contribution < -0.4 is 10.2 Å². The van der Waals surface area contributed by atoms with Gasteiger partial charge in [-0.15, -0.1) is 0 Å². The quantitative estimate of drug-likeness (QED) is 0.775. The van der Waals surface area contributed by atoms with E-state index in [1.165, 1.54) is 6.33 Å². The number of hydrogen-bond acceptors (Lipinski definition) is 6. The second-order valence-electron chi connectivity index (χ2n) is 5.91. The first-order valence-electron chi connectivity index (χ1n) is 8.18. The first-order valence-corrected chi connectivity index (χ1v) is 8.56. The van der Waals surface area contributed by atoms with Crippen molar-refractivity contribution in [3.63, 3.8) is 0 Å². The van der Waals surface area contributed by atoms with E-state index in [0.29, 0.717) is 5.02 Å². The highest BCUT2D eigenvalue weighted by atomic mass is 35.5. The van der Waals surface area contributed by atoms with E-state index in [0.717, 1.165) is 60.2 Å². The molecule has 0 amide bonds. The van der Waals surface area contributed by atoms with E-state index in [9.17, 15) is 0 Å². The number of morpholine rings is 1. The van der Waals surface area contributed by atoms with Gasteiger partial charge in [-0.2, -0.15) is 0 Å². The van der Waals surface area contributed by atoms with Crippen molar-refractivity contribution >= 4 is 39.8 Å². The summed E-state index contributed by atoms with van der Waals surface area (Å²) >= 11 is 6.04. The lowest BCUT2D eigenvalue weighted by atomic mass is 10.2. The van der Waals surface area contributed by atoms with E-state index in [-0.39, 0.29) is 0 Å². The molecule has 0 atom stereocenters. The third-order valence-corrected chi connectivity index (χ3v) is 4.49. The fourth-order valence-corrected chi connectivity index (χ4v) is 3.07. The summed E-state index contributed by atoms with van der Waals surface area (Å²) in [7, 11) is 0. The van der Waals surface area contributed by atoms with Crippen LogP contribution in [0.25, 0.3) is 10.9 Å². The molecular formula is C18H18ClN5O. The second-order valence-corrected chi connectivity index (χ2v) is 6.35. The molecule has 0 bridgehead atoms. The largest absolute Gasteiger partial charge is 0.378 e. The van der Waals surface area contributed by atoms with Crippen LogP contribution in [0, 0.1) is 6.92 Å². The van der Waals surface area contributed by atoms with Crippen molar-refractivity contribution in [2.75, 3.05) is 36.5 Å². The van der Waals surface area contributed by atoms with Crippen LogP contribution in [0.3, 0.4) is 0 Å². The maximum atomic E-state index is 6.04. The fourth-order valence-electron chi connectivity index (χ4n) is 2.91. The number of fused-ring (bicyclic) bond motifs is 1. The molecule has 0 saturated carbocycles. The van der Waals surface area contributed by atoms with Crippen molar-refractivity contribution in [3.8, 4) is 0 Å². The van der Waals surface area contributed by atoms with Crippen LogP contribution in [0.2, 0.25) is 5.02 Å². The van der Waals surface area contributed by atoms with Crippen LogP contribution in [-0.2, 0) is 4.74 Å². The van der Waals surface area contributed by atoms with Crippen molar-refractivity contribution < 1.29 is 4.74 Å². The van der Waals surface area contributed by atoms with Gasteiger partial charge in [-0.25, -0.2) is 15.0 Å². The molecule has 25 heavy (non-hydrogen) atoms. The number of nitrogens with zero attached hydrogens (tertiary/aromatic N) is 4. The summed E-state index contributed by atoms with van der Waals surface area (Å²) < 4.78 is 5.40. The number of hydrogen-bond donors (Lipinski definition) is 1. The van der Waals surface area contributed by atoms with Crippen molar-refractivity contribution in [2.45, 2.75) is 6.92 Å². The number of pyridine rings is 1. The average molecular weight is 356 g/mol. The van der Waals surface area contributed by atoms with Gasteiger partial charge in [0, 0.05) is 23.5 Å². The van der Waals surface area contributed by atoms with Gasteiger partial charge in [-0.05, 0) is 37.3 Å². The van der Waals surface area contributed by atoms with Crippen molar-refractivity contribution in [1.29, 1.82) is 0 Å². The minimum absolute atomic E-state index is 0.657. The summed E-state index contributed by atoms with van der Waals surface area (Å²) in [5.41, 5.74) is 2.65. The summed E-state index contributed by atoms with van der Waals surface area (Å²) in [5.74, 6) is 1.72. The highest BCUT2D eigenvalue weighted by Crippen LogP contribution is 2.27. The highest BCUT2D eigenvalue weighted by molar-refractivity contribution is 6.31. The third kappa shape index (κ3) is 3.36. The minimum atomic E-state index is 0.657. The Morgan fingerprint density at radius 1 is 1.12 bits per heavy atom. The van der Waals surface area contributed by atoms with Crippen molar-refractivity contribution in [1.82, 2.24) is 15.0 Å². The smallest absolute Gasteiger partial charge is 0.141 e. The van der Waals surface area contributed by atoms with Crippen molar-refractivity contribution in [3.05, 3.63) is 47.4 Å². The van der Waals surface area contributed by atoms with Crippen LogP contribution in [-0.4, -0.2) is 41.3 Å². The van der Waals surface area contributed by atoms with E-state index in [2.05, 4.69) is 20.2 Å². The lowest BCUT2D eigenvalue weighted by molar-refractivity contribution is 0.122. The van der Waals surface area contributed by atoms with Gasteiger partial charge in [0.25, 0.3) is 0 Å². The monoisotopic (exact) mass is 355 g/mol. The van der Waals surface area contributed by atoms with Gasteiger partial charge >= 0.3 is 0 Å². The van der Waals surface area contributed by atoms with Gasteiger partial charge in [0.2, 0.25) is 0 Å². The lowest BCUT2D eigenvalue weighted by Crippen LogP contribution is -2.36. The van der Waals surface area contributed by atoms with Gasteiger partial charge in [0.1, 0.15) is 18.0 Å². The number of benzene rings is 1. The molecule has 3 heterocycles. The first-order chi connectivity index (χ1) is 12.2. The molecule has 0 unspecified atom stereocenters. The van der Waals surface area contributed by atoms with Gasteiger partial charge in [-0.1, -0.05) is 11.6 Å². The Hall–Kier alpha value is -2.44. The molecule has 2 aromatic heterocycles. The zero-order chi connectivity index (χ0) is 17.2. The normalized spacial score (nSPS) is 14.7. The topological polar surface area (TPSA) is 63.2 Å². The van der Waals surface area contributed by atoms with Crippen LogP contribution in [0.5, 0.6) is 0 Å². The Bertz CT molecular complexity index is 911. The lowest BCUT2D eigenvalue weighted by Gasteiger charge is -2.28. The molecule has 7 heteroatoms. The number of aryl methyl sites for hydroxylation is 1. The Labute approximate surface area is 150 Å². The van der Waals surface area contributed by atoms with E-state index in [1.54, 1.807) is 0 Å². The maximum absolute atomic E-state index is 6.04. The van der Waals surface area contributed by atoms with E-state index in [1.807, 2.05) is 37.3 Å². The predicted octanol–water partition coefficient (Wildman–Crippen LogP) is 3.57. The first kappa shape index (κ1) is 16.1. The molecule has 0 radical (unpaired) electrons.